The van der Waals surface area contributed by atoms with Crippen molar-refractivity contribution in [3.8, 4) is 0 Å². The van der Waals surface area contributed by atoms with Crippen LogP contribution < -0.4 is 10.6 Å². The van der Waals surface area contributed by atoms with Crippen molar-refractivity contribution in [1.29, 1.82) is 0 Å². The van der Waals surface area contributed by atoms with Crippen LogP contribution in [0.1, 0.15) is 11.1 Å². The molecule has 2 aromatic rings. The summed E-state index contributed by atoms with van der Waals surface area (Å²) in [6, 6.07) is 13.7. The summed E-state index contributed by atoms with van der Waals surface area (Å²) in [6.45, 7) is 0. The molecule has 2 N–H and O–H groups in total. The molecule has 0 fully saturated rings. The summed E-state index contributed by atoms with van der Waals surface area (Å²) in [5.41, 5.74) is -1.87. The molecule has 4 rings (SSSR count). The Balaban J connectivity index is 2.15. The summed E-state index contributed by atoms with van der Waals surface area (Å²) < 4.78 is 10.0. The second-order valence-electron chi connectivity index (χ2n) is 6.15. The van der Waals surface area contributed by atoms with E-state index in [4.69, 9.17) is 9.47 Å². The minimum atomic E-state index is -2.01. The molecule has 7 heteroatoms. The van der Waals surface area contributed by atoms with E-state index in [-0.39, 0.29) is 0 Å². The van der Waals surface area contributed by atoms with Crippen molar-refractivity contribution >= 4 is 29.2 Å². The van der Waals surface area contributed by atoms with Gasteiger partial charge in [-0.3, -0.25) is 14.4 Å². The highest BCUT2D eigenvalue weighted by Crippen LogP contribution is 2.58. The van der Waals surface area contributed by atoms with Crippen LogP contribution in [0.2, 0.25) is 0 Å². The van der Waals surface area contributed by atoms with Gasteiger partial charge in [0.25, 0.3) is 5.91 Å². The summed E-state index contributed by atoms with van der Waals surface area (Å²) in [4.78, 5) is 39.3. The van der Waals surface area contributed by atoms with E-state index in [2.05, 4.69) is 10.6 Å². The predicted molar refractivity (Wildman–Crippen MR) is 92.5 cm³/mol. The van der Waals surface area contributed by atoms with Crippen LogP contribution in [0.4, 0.5) is 11.4 Å². The number of ether oxygens (including phenoxy) is 2. The van der Waals surface area contributed by atoms with E-state index in [9.17, 15) is 14.4 Å². The van der Waals surface area contributed by atoms with Gasteiger partial charge in [0.1, 0.15) is 0 Å². The van der Waals surface area contributed by atoms with E-state index in [0.717, 1.165) is 0 Å². The fraction of sp³-hybridized carbons (Fsp3) is 0.211. The zero-order chi connectivity index (χ0) is 18.5. The molecule has 0 saturated carbocycles. The van der Waals surface area contributed by atoms with Gasteiger partial charge in [-0.2, -0.15) is 0 Å². The van der Waals surface area contributed by atoms with E-state index in [1.807, 2.05) is 0 Å². The van der Waals surface area contributed by atoms with Gasteiger partial charge in [-0.15, -0.1) is 0 Å². The van der Waals surface area contributed by atoms with Gasteiger partial charge in [0.05, 0.1) is 14.2 Å². The maximum atomic E-state index is 13.2. The Kier molecular flexibility index (Phi) is 3.30. The van der Waals surface area contributed by atoms with Gasteiger partial charge in [0, 0.05) is 22.5 Å². The average Bonchev–Trinajstić information content (AvgIpc) is 3.14. The minimum absolute atomic E-state index is 0.338. The third-order valence-corrected chi connectivity index (χ3v) is 5.12. The summed E-state index contributed by atoms with van der Waals surface area (Å²) in [7, 11) is 2.36. The molecule has 132 valence electrons. The smallest absolute Gasteiger partial charge is 0.331 e. The molecule has 2 heterocycles. The molecule has 0 radical (unpaired) electrons. The molecule has 2 aliphatic heterocycles. The first kappa shape index (κ1) is 16.1. The number of esters is 2. The summed E-state index contributed by atoms with van der Waals surface area (Å²) >= 11 is 0. The zero-order valence-corrected chi connectivity index (χ0v) is 14.2. The Labute approximate surface area is 149 Å². The number of hydrogen-bond acceptors (Lipinski definition) is 6. The third-order valence-electron chi connectivity index (χ3n) is 5.12. The molecule has 0 saturated heterocycles. The largest absolute Gasteiger partial charge is 0.468 e. The molecular weight excluding hydrogens is 336 g/mol. The number of benzene rings is 2. The van der Waals surface area contributed by atoms with Crippen molar-refractivity contribution < 1.29 is 23.9 Å². The van der Waals surface area contributed by atoms with Gasteiger partial charge in [-0.05, 0) is 12.1 Å². The average molecular weight is 352 g/mol. The lowest BCUT2D eigenvalue weighted by Gasteiger charge is -2.37. The Bertz CT molecular complexity index is 938. The Morgan fingerprint density at radius 3 is 2.00 bits per heavy atom. The molecule has 2 aliphatic rings. The molecule has 1 atom stereocenters. The lowest BCUT2D eigenvalue weighted by Crippen LogP contribution is -2.63. The van der Waals surface area contributed by atoms with Crippen molar-refractivity contribution in [2.24, 2.45) is 0 Å². The van der Waals surface area contributed by atoms with Gasteiger partial charge < -0.3 is 20.1 Å². The molecular formula is C19H16N2O5. The molecule has 2 aromatic carbocycles. The van der Waals surface area contributed by atoms with Crippen LogP contribution >= 0.6 is 0 Å². The monoisotopic (exact) mass is 352 g/mol. The quantitative estimate of drug-likeness (QED) is 0.629. The Morgan fingerprint density at radius 1 is 0.846 bits per heavy atom. The SMILES string of the molecule is COC(=O)C1(C(=O)OC)c2ccccc2N[C@@]12C(=O)Nc1ccccc12. The van der Waals surface area contributed by atoms with Crippen LogP contribution in [0.5, 0.6) is 0 Å². The number of para-hydroxylation sites is 2. The van der Waals surface area contributed by atoms with Crippen molar-refractivity contribution in [3.05, 3.63) is 59.7 Å². The lowest BCUT2D eigenvalue weighted by atomic mass is 9.64. The van der Waals surface area contributed by atoms with E-state index in [0.29, 0.717) is 22.5 Å². The number of amides is 1. The first-order chi connectivity index (χ1) is 12.5. The van der Waals surface area contributed by atoms with Crippen molar-refractivity contribution in [3.63, 3.8) is 0 Å². The number of rotatable bonds is 2. The van der Waals surface area contributed by atoms with Crippen LogP contribution in [0.15, 0.2) is 48.5 Å². The number of carbonyl (C=O) groups is 3. The van der Waals surface area contributed by atoms with E-state index in [1.165, 1.54) is 14.2 Å². The maximum absolute atomic E-state index is 13.2. The second-order valence-corrected chi connectivity index (χ2v) is 6.15. The van der Waals surface area contributed by atoms with Gasteiger partial charge in [0.15, 0.2) is 5.54 Å². The lowest BCUT2D eigenvalue weighted by molar-refractivity contribution is -0.167. The van der Waals surface area contributed by atoms with Gasteiger partial charge in [0.2, 0.25) is 5.41 Å². The van der Waals surface area contributed by atoms with Gasteiger partial charge >= 0.3 is 11.9 Å². The highest BCUT2D eigenvalue weighted by atomic mass is 16.5. The molecule has 26 heavy (non-hydrogen) atoms. The third kappa shape index (κ3) is 1.60. The summed E-state index contributed by atoms with van der Waals surface area (Å²) in [5, 5.41) is 5.88. The van der Waals surface area contributed by atoms with E-state index < -0.39 is 28.8 Å². The topological polar surface area (TPSA) is 93.7 Å². The minimum Gasteiger partial charge on any atom is -0.468 e. The summed E-state index contributed by atoms with van der Waals surface area (Å²) in [6.07, 6.45) is 0. The van der Waals surface area contributed by atoms with Crippen molar-refractivity contribution in [2.75, 3.05) is 24.9 Å². The molecule has 1 spiro atoms. The molecule has 0 unspecified atom stereocenters. The summed E-state index contributed by atoms with van der Waals surface area (Å²) in [5.74, 6) is -2.26. The Morgan fingerprint density at radius 2 is 1.38 bits per heavy atom. The molecule has 0 bridgehead atoms. The zero-order valence-electron chi connectivity index (χ0n) is 14.2. The van der Waals surface area contributed by atoms with Crippen LogP contribution in [0.3, 0.4) is 0 Å². The first-order valence-electron chi connectivity index (χ1n) is 7.99. The standard InChI is InChI=1S/C19H16N2O5/c1-25-16(23)18(17(24)26-2)11-7-3-6-10-14(11)21-19(18)12-8-4-5-9-13(12)20-15(19)22/h3-10,21H,1-2H3,(H,20,22)/t19-/m0/s1. The first-order valence-corrected chi connectivity index (χ1v) is 7.99. The molecule has 0 aliphatic carbocycles. The van der Waals surface area contributed by atoms with Crippen LogP contribution in [-0.2, 0) is 34.8 Å². The van der Waals surface area contributed by atoms with Crippen LogP contribution in [0.25, 0.3) is 0 Å². The number of fused-ring (bicyclic) bond motifs is 3. The Hall–Kier alpha value is -3.35. The van der Waals surface area contributed by atoms with Gasteiger partial charge in [-0.25, -0.2) is 0 Å². The van der Waals surface area contributed by atoms with Crippen molar-refractivity contribution in [2.45, 2.75) is 11.0 Å². The van der Waals surface area contributed by atoms with E-state index in [1.54, 1.807) is 48.5 Å². The number of methoxy groups -OCH3 is 2. The second kappa shape index (κ2) is 5.32. The van der Waals surface area contributed by atoms with E-state index >= 15 is 0 Å². The number of nitrogens with one attached hydrogen (secondary N) is 2. The normalized spacial score (nSPS) is 21.4. The molecule has 7 nitrogen and oxygen atoms in total. The number of anilines is 2. The predicted octanol–water partition coefficient (Wildman–Crippen LogP) is 1.54. The number of hydrogen-bond donors (Lipinski definition) is 2. The highest BCUT2D eigenvalue weighted by Gasteiger charge is 2.75. The fourth-order valence-corrected chi connectivity index (χ4v) is 4.09. The highest BCUT2D eigenvalue weighted by molar-refractivity contribution is 6.23. The van der Waals surface area contributed by atoms with Crippen LogP contribution in [0, 0.1) is 0 Å². The van der Waals surface area contributed by atoms with Gasteiger partial charge in [-0.1, -0.05) is 36.4 Å². The fourth-order valence-electron chi connectivity index (χ4n) is 4.09. The number of carbonyl (C=O) groups excluding carboxylic acids is 3. The molecule has 0 aromatic heterocycles. The van der Waals surface area contributed by atoms with Crippen molar-refractivity contribution in [1.82, 2.24) is 0 Å². The maximum Gasteiger partial charge on any atom is 0.331 e. The van der Waals surface area contributed by atoms with Crippen LogP contribution in [-0.4, -0.2) is 32.1 Å². The molecule has 1 amide bonds.